The molecule has 1 aromatic carbocycles. The highest BCUT2D eigenvalue weighted by Crippen LogP contribution is 2.29. The molecule has 0 spiro atoms. The van der Waals surface area contributed by atoms with Crippen LogP contribution in [0, 0.1) is 11.8 Å². The highest BCUT2D eigenvalue weighted by atomic mass is 16.2. The number of hydrogen-bond donors (Lipinski definition) is 1. The number of carbonyl (C=O) groups excluding carboxylic acids is 3. The zero-order valence-electron chi connectivity index (χ0n) is 26.7. The lowest BCUT2D eigenvalue weighted by Gasteiger charge is -2.39. The first-order valence-electron chi connectivity index (χ1n) is 15.8. The Hall–Kier alpha value is -2.67. The van der Waals surface area contributed by atoms with Crippen molar-refractivity contribution < 1.29 is 14.4 Å². The molecule has 1 N–H and O–H groups in total. The molecule has 2 heterocycles. The number of likely N-dealkylation sites (N-methyl/N-ethyl adjacent to an activating group) is 1. The van der Waals surface area contributed by atoms with Gasteiger partial charge in [-0.15, -0.1) is 0 Å². The molecule has 1 aromatic rings. The summed E-state index contributed by atoms with van der Waals surface area (Å²) in [6.07, 6.45) is 6.82. The maximum atomic E-state index is 13.9. The van der Waals surface area contributed by atoms with Crippen LogP contribution in [0.2, 0.25) is 0 Å². The molecule has 0 bridgehead atoms. The Balaban J connectivity index is 1.68. The highest BCUT2D eigenvalue weighted by Gasteiger charge is 2.36. The number of piperidine rings is 2. The Bertz CT molecular complexity index is 1040. The molecule has 0 aromatic heterocycles. The third kappa shape index (κ3) is 8.43. The minimum atomic E-state index is -0.619. The summed E-state index contributed by atoms with van der Waals surface area (Å²) in [7, 11) is 1.80. The van der Waals surface area contributed by atoms with Crippen molar-refractivity contribution >= 4 is 17.7 Å². The van der Waals surface area contributed by atoms with Gasteiger partial charge in [-0.05, 0) is 76.3 Å². The lowest BCUT2D eigenvalue weighted by Crippen LogP contribution is -2.58. The summed E-state index contributed by atoms with van der Waals surface area (Å²) in [6, 6.07) is 9.75. The maximum Gasteiger partial charge on any atom is 0.249 e. The molecule has 2 aliphatic heterocycles. The van der Waals surface area contributed by atoms with Gasteiger partial charge >= 0.3 is 0 Å². The van der Waals surface area contributed by atoms with E-state index in [2.05, 4.69) is 62.2 Å². The van der Waals surface area contributed by atoms with Crippen molar-refractivity contribution in [2.45, 2.75) is 111 Å². The molecule has 3 amide bonds. The van der Waals surface area contributed by atoms with Crippen LogP contribution < -0.4 is 5.32 Å². The quantitative estimate of drug-likeness (QED) is 0.394. The van der Waals surface area contributed by atoms with E-state index in [1.165, 1.54) is 5.56 Å². The van der Waals surface area contributed by atoms with Gasteiger partial charge in [-0.2, -0.15) is 0 Å². The topological polar surface area (TPSA) is 73.0 Å². The minimum Gasteiger partial charge on any atom is -0.343 e. The Kier molecular flexibility index (Phi) is 12.0. The van der Waals surface area contributed by atoms with Crippen molar-refractivity contribution in [3.05, 3.63) is 47.5 Å². The molecule has 2 aliphatic rings. The first-order valence-corrected chi connectivity index (χ1v) is 15.8. The van der Waals surface area contributed by atoms with Crippen LogP contribution in [0.15, 0.2) is 42.0 Å². The van der Waals surface area contributed by atoms with E-state index in [4.69, 9.17) is 0 Å². The fourth-order valence-electron chi connectivity index (χ4n) is 6.45. The van der Waals surface area contributed by atoms with E-state index in [1.807, 2.05) is 37.8 Å². The van der Waals surface area contributed by atoms with E-state index in [0.29, 0.717) is 11.5 Å². The van der Waals surface area contributed by atoms with Gasteiger partial charge in [0.1, 0.15) is 6.04 Å². The predicted octanol–water partition coefficient (Wildman–Crippen LogP) is 5.23. The average Bonchev–Trinajstić information content (AvgIpc) is 2.97. The van der Waals surface area contributed by atoms with Crippen molar-refractivity contribution in [3.63, 3.8) is 0 Å². The number of nitrogens with zero attached hydrogens (tertiary/aromatic N) is 3. The molecule has 2 fully saturated rings. The van der Waals surface area contributed by atoms with E-state index < -0.39 is 6.04 Å². The van der Waals surface area contributed by atoms with Crippen molar-refractivity contribution in [1.82, 2.24) is 20.0 Å². The molecule has 2 saturated heterocycles. The number of rotatable bonds is 10. The van der Waals surface area contributed by atoms with Crippen LogP contribution in [0.3, 0.4) is 0 Å². The van der Waals surface area contributed by atoms with Crippen LogP contribution in [0.1, 0.15) is 92.1 Å². The third-order valence-electron chi connectivity index (χ3n) is 9.03. The van der Waals surface area contributed by atoms with Gasteiger partial charge in [0, 0.05) is 31.8 Å². The van der Waals surface area contributed by atoms with Crippen molar-refractivity contribution in [2.24, 2.45) is 11.8 Å². The second-order valence-corrected chi connectivity index (χ2v) is 13.1. The Morgan fingerprint density at radius 3 is 2.10 bits per heavy atom. The Morgan fingerprint density at radius 2 is 1.54 bits per heavy atom. The van der Waals surface area contributed by atoms with Crippen LogP contribution in [0.25, 0.3) is 0 Å². The molecule has 3 atom stereocenters. The zero-order chi connectivity index (χ0) is 30.3. The van der Waals surface area contributed by atoms with Crippen molar-refractivity contribution in [1.29, 1.82) is 0 Å². The Morgan fingerprint density at radius 1 is 0.902 bits per heavy atom. The predicted molar refractivity (Wildman–Crippen MR) is 166 cm³/mol. The van der Waals surface area contributed by atoms with E-state index in [0.717, 1.165) is 51.7 Å². The van der Waals surface area contributed by atoms with E-state index in [1.54, 1.807) is 11.9 Å². The third-order valence-corrected chi connectivity index (χ3v) is 9.03. The lowest BCUT2D eigenvalue weighted by molar-refractivity contribution is -0.140. The summed E-state index contributed by atoms with van der Waals surface area (Å²) >= 11 is 0. The van der Waals surface area contributed by atoms with E-state index in [9.17, 15) is 14.4 Å². The van der Waals surface area contributed by atoms with Gasteiger partial charge in [0.05, 0.1) is 12.1 Å². The summed E-state index contributed by atoms with van der Waals surface area (Å²) < 4.78 is 0. The monoisotopic (exact) mass is 566 g/mol. The number of benzene rings is 1. The highest BCUT2D eigenvalue weighted by molar-refractivity contribution is 5.93. The van der Waals surface area contributed by atoms with Crippen molar-refractivity contribution in [2.75, 3.05) is 26.7 Å². The normalized spacial score (nSPS) is 20.8. The van der Waals surface area contributed by atoms with Gasteiger partial charge in [0.15, 0.2) is 0 Å². The van der Waals surface area contributed by atoms with Gasteiger partial charge in [-0.1, -0.05) is 70.5 Å². The molecular formula is C34H54N4O3. The number of amides is 3. The molecule has 228 valence electrons. The van der Waals surface area contributed by atoms with Gasteiger partial charge in [0.2, 0.25) is 17.7 Å². The largest absolute Gasteiger partial charge is 0.343 e. The SMILES string of the molecule is C/C(=C\C(C(C)C)N(C)C(=O)C(NC(=O)C1CCCCN1C(C)C)C(C)C)C(=O)N1CCC(c2ccccc2)CC1. The standard InChI is InChI=1S/C34H54N4O3/c1-23(2)30(22-26(7)33(40)37-20-17-28(18-21-37)27-14-10-9-11-15-27)36(8)34(41)31(24(3)4)35-32(39)29-16-12-13-19-38(29)25(5)6/h9-11,14-15,22-25,28-31H,12-13,16-21H2,1-8H3,(H,35,39)/b26-22+. The van der Waals surface area contributed by atoms with Gasteiger partial charge in [-0.25, -0.2) is 0 Å². The second-order valence-electron chi connectivity index (χ2n) is 13.1. The number of carbonyl (C=O) groups is 3. The van der Waals surface area contributed by atoms with Crippen LogP contribution >= 0.6 is 0 Å². The molecule has 41 heavy (non-hydrogen) atoms. The zero-order valence-corrected chi connectivity index (χ0v) is 26.7. The number of nitrogens with one attached hydrogen (secondary N) is 1. The molecule has 7 heteroatoms. The summed E-state index contributed by atoms with van der Waals surface area (Å²) in [6.45, 7) is 16.6. The fraction of sp³-hybridized carbons (Fsp3) is 0.676. The first kappa shape index (κ1) is 32.8. The summed E-state index contributed by atoms with van der Waals surface area (Å²) in [5.74, 6) is 0.410. The Labute approximate surface area is 248 Å². The summed E-state index contributed by atoms with van der Waals surface area (Å²) in [5.41, 5.74) is 2.01. The van der Waals surface area contributed by atoms with Crippen LogP contribution in [-0.4, -0.2) is 83.3 Å². The van der Waals surface area contributed by atoms with Gasteiger partial charge in [-0.3, -0.25) is 19.3 Å². The number of hydrogen-bond acceptors (Lipinski definition) is 4. The van der Waals surface area contributed by atoms with Gasteiger partial charge in [0.25, 0.3) is 0 Å². The molecule has 0 radical (unpaired) electrons. The summed E-state index contributed by atoms with van der Waals surface area (Å²) in [4.78, 5) is 46.7. The minimum absolute atomic E-state index is 0.0443. The molecule has 3 unspecified atom stereocenters. The molecule has 0 aliphatic carbocycles. The fourth-order valence-corrected chi connectivity index (χ4v) is 6.45. The maximum absolute atomic E-state index is 13.9. The van der Waals surface area contributed by atoms with E-state index in [-0.39, 0.29) is 47.7 Å². The van der Waals surface area contributed by atoms with Crippen LogP contribution in [-0.2, 0) is 14.4 Å². The average molecular weight is 567 g/mol. The molecule has 3 rings (SSSR count). The number of likely N-dealkylation sites (tertiary alicyclic amines) is 2. The first-order chi connectivity index (χ1) is 19.4. The molecule has 7 nitrogen and oxygen atoms in total. The molecular weight excluding hydrogens is 512 g/mol. The lowest BCUT2D eigenvalue weighted by atomic mass is 9.89. The second kappa shape index (κ2) is 15.0. The summed E-state index contributed by atoms with van der Waals surface area (Å²) in [5, 5.41) is 3.12. The smallest absolute Gasteiger partial charge is 0.249 e. The molecule has 0 saturated carbocycles. The van der Waals surface area contributed by atoms with Crippen LogP contribution in [0.5, 0.6) is 0 Å². The van der Waals surface area contributed by atoms with Crippen molar-refractivity contribution in [3.8, 4) is 0 Å². The van der Waals surface area contributed by atoms with E-state index >= 15 is 0 Å². The van der Waals surface area contributed by atoms with Gasteiger partial charge < -0.3 is 15.1 Å². The van der Waals surface area contributed by atoms with Crippen LogP contribution in [0.4, 0.5) is 0 Å².